The molecule has 0 spiro atoms. The summed E-state index contributed by atoms with van der Waals surface area (Å²) in [5.41, 5.74) is 4.96. The first-order valence-electron chi connectivity index (χ1n) is 9.67. The molecule has 1 aliphatic carbocycles. The van der Waals surface area contributed by atoms with E-state index >= 15 is 0 Å². The third kappa shape index (κ3) is 3.32. The zero-order valence-electron chi connectivity index (χ0n) is 15.7. The summed E-state index contributed by atoms with van der Waals surface area (Å²) in [4.78, 5) is 9.36. The van der Waals surface area contributed by atoms with Gasteiger partial charge in [0.25, 0.3) is 0 Å². The van der Waals surface area contributed by atoms with Crippen LogP contribution in [0.4, 0.5) is 10.3 Å². The van der Waals surface area contributed by atoms with E-state index in [9.17, 15) is 4.39 Å². The van der Waals surface area contributed by atoms with Crippen LogP contribution in [0.15, 0.2) is 54.7 Å². The first-order chi connectivity index (χ1) is 13.2. The maximum absolute atomic E-state index is 14.5. The first kappa shape index (κ1) is 17.7. The molecule has 138 valence electrons. The third-order valence-electron chi connectivity index (χ3n) is 5.48. The highest BCUT2D eigenvalue weighted by atomic mass is 19.1. The first-order valence-corrected chi connectivity index (χ1v) is 9.67. The molecule has 3 aromatic rings. The number of hydrogen-bond donors (Lipinski definition) is 1. The van der Waals surface area contributed by atoms with Crippen molar-refractivity contribution in [3.8, 4) is 11.3 Å². The zero-order chi connectivity index (χ0) is 18.8. The highest BCUT2D eigenvalue weighted by Gasteiger charge is 2.29. The second kappa shape index (κ2) is 7.47. The van der Waals surface area contributed by atoms with Gasteiger partial charge in [-0.25, -0.2) is 14.4 Å². The van der Waals surface area contributed by atoms with Crippen LogP contribution in [0.2, 0.25) is 0 Å². The molecule has 3 nitrogen and oxygen atoms in total. The molecule has 2 aromatic carbocycles. The number of benzene rings is 2. The van der Waals surface area contributed by atoms with Crippen LogP contribution in [0.3, 0.4) is 0 Å². The average Bonchev–Trinajstić information content (AvgIpc) is 2.72. The van der Waals surface area contributed by atoms with Gasteiger partial charge < -0.3 is 5.32 Å². The Hall–Kier alpha value is -2.75. The minimum Gasteiger partial charge on any atom is -0.351 e. The monoisotopic (exact) mass is 361 g/mol. The lowest BCUT2D eigenvalue weighted by Crippen LogP contribution is -2.20. The van der Waals surface area contributed by atoms with Crippen molar-refractivity contribution >= 4 is 5.95 Å². The molecular formula is C23H24FN3. The van der Waals surface area contributed by atoms with Crippen molar-refractivity contribution in [2.24, 2.45) is 0 Å². The minimum atomic E-state index is -0.159. The van der Waals surface area contributed by atoms with Crippen molar-refractivity contribution in [3.63, 3.8) is 0 Å². The van der Waals surface area contributed by atoms with Gasteiger partial charge in [0.1, 0.15) is 5.82 Å². The Bertz CT molecular complexity index is 950. The summed E-state index contributed by atoms with van der Waals surface area (Å²) < 4.78 is 14.5. The summed E-state index contributed by atoms with van der Waals surface area (Å²) in [5.74, 6) is 0.492. The number of nitrogens with zero attached hydrogens (tertiary/aromatic N) is 2. The summed E-state index contributed by atoms with van der Waals surface area (Å²) in [7, 11) is 0. The van der Waals surface area contributed by atoms with Gasteiger partial charge in [-0.3, -0.25) is 0 Å². The van der Waals surface area contributed by atoms with Crippen molar-refractivity contribution < 1.29 is 4.39 Å². The Morgan fingerprint density at radius 1 is 1.04 bits per heavy atom. The van der Waals surface area contributed by atoms with Gasteiger partial charge in [-0.05, 0) is 42.0 Å². The van der Waals surface area contributed by atoms with E-state index < -0.39 is 0 Å². The molecule has 0 amide bonds. The fraction of sp³-hybridized carbons (Fsp3) is 0.304. The summed E-state index contributed by atoms with van der Waals surface area (Å²) >= 11 is 0. The van der Waals surface area contributed by atoms with Crippen LogP contribution in [0, 0.1) is 5.82 Å². The number of fused-ring (bicyclic) bond motifs is 3. The molecular weight excluding hydrogens is 337 g/mol. The maximum atomic E-state index is 14.5. The Labute approximate surface area is 159 Å². The Morgan fingerprint density at radius 2 is 1.74 bits per heavy atom. The van der Waals surface area contributed by atoms with E-state index in [1.807, 2.05) is 30.5 Å². The van der Waals surface area contributed by atoms with E-state index in [0.717, 1.165) is 40.8 Å². The Kier molecular flexibility index (Phi) is 4.88. The molecule has 1 aromatic heterocycles. The minimum absolute atomic E-state index is 0.0173. The molecule has 0 aliphatic heterocycles. The van der Waals surface area contributed by atoms with Gasteiger partial charge >= 0.3 is 0 Å². The van der Waals surface area contributed by atoms with Gasteiger partial charge in [0.2, 0.25) is 5.95 Å². The van der Waals surface area contributed by atoms with Gasteiger partial charge in [-0.2, -0.15) is 0 Å². The van der Waals surface area contributed by atoms with E-state index in [4.69, 9.17) is 4.98 Å². The molecule has 0 bridgehead atoms. The van der Waals surface area contributed by atoms with Crippen molar-refractivity contribution in [3.05, 3.63) is 77.2 Å². The number of anilines is 1. The zero-order valence-corrected chi connectivity index (χ0v) is 15.7. The van der Waals surface area contributed by atoms with Gasteiger partial charge in [0.15, 0.2) is 0 Å². The molecule has 1 unspecified atom stereocenters. The predicted octanol–water partition coefficient (Wildman–Crippen LogP) is 5.57. The Balaban J connectivity index is 1.77. The van der Waals surface area contributed by atoms with E-state index in [1.165, 1.54) is 6.07 Å². The number of nitrogens with one attached hydrogen (secondary N) is 1. The maximum Gasteiger partial charge on any atom is 0.223 e. The fourth-order valence-corrected chi connectivity index (χ4v) is 3.92. The third-order valence-corrected chi connectivity index (χ3v) is 5.48. The van der Waals surface area contributed by atoms with Crippen LogP contribution in [-0.2, 0) is 6.42 Å². The standard InChI is InChI=1S/C23H24FN3/c1-3-16(4-2)26-23-25-14-15-13-20(18-10-7-8-12-21(18)24)17-9-5-6-11-19(17)22(15)27-23/h5-12,14,16,20H,3-4,13H2,1-2H3,(H,25,26,27). The van der Waals surface area contributed by atoms with E-state index in [2.05, 4.69) is 36.3 Å². The lowest BCUT2D eigenvalue weighted by atomic mass is 9.78. The Morgan fingerprint density at radius 3 is 2.48 bits per heavy atom. The number of halogens is 1. The second-order valence-electron chi connectivity index (χ2n) is 7.09. The molecule has 0 saturated carbocycles. The molecule has 4 heteroatoms. The quantitative estimate of drug-likeness (QED) is 0.645. The van der Waals surface area contributed by atoms with Crippen LogP contribution >= 0.6 is 0 Å². The summed E-state index contributed by atoms with van der Waals surface area (Å²) in [6, 6.07) is 15.6. The predicted molar refractivity (Wildman–Crippen MR) is 107 cm³/mol. The summed E-state index contributed by atoms with van der Waals surface area (Å²) in [5, 5.41) is 3.43. The number of hydrogen-bond acceptors (Lipinski definition) is 3. The lowest BCUT2D eigenvalue weighted by Gasteiger charge is -2.28. The van der Waals surface area contributed by atoms with Crippen molar-refractivity contribution in [1.29, 1.82) is 0 Å². The normalized spacial score (nSPS) is 15.3. The number of rotatable bonds is 5. The fourth-order valence-electron chi connectivity index (χ4n) is 3.92. The van der Waals surface area contributed by atoms with Gasteiger partial charge in [0, 0.05) is 23.7 Å². The molecule has 4 rings (SSSR count). The highest BCUT2D eigenvalue weighted by molar-refractivity contribution is 5.72. The smallest absolute Gasteiger partial charge is 0.223 e. The van der Waals surface area contributed by atoms with E-state index in [0.29, 0.717) is 18.4 Å². The second-order valence-corrected chi connectivity index (χ2v) is 7.09. The topological polar surface area (TPSA) is 37.8 Å². The van der Waals surface area contributed by atoms with E-state index in [-0.39, 0.29) is 11.7 Å². The molecule has 0 radical (unpaired) electrons. The molecule has 1 N–H and O–H groups in total. The van der Waals surface area contributed by atoms with Gasteiger partial charge in [0.05, 0.1) is 5.69 Å². The SMILES string of the molecule is CCC(CC)Nc1ncc2c(n1)-c1ccccc1C(c1ccccc1F)C2. The van der Waals surface area contributed by atoms with Crippen LogP contribution in [-0.4, -0.2) is 16.0 Å². The molecule has 0 saturated heterocycles. The molecule has 27 heavy (non-hydrogen) atoms. The highest BCUT2D eigenvalue weighted by Crippen LogP contribution is 2.42. The molecule has 1 atom stereocenters. The van der Waals surface area contributed by atoms with Crippen molar-refractivity contribution in [1.82, 2.24) is 9.97 Å². The van der Waals surface area contributed by atoms with E-state index in [1.54, 1.807) is 6.07 Å². The van der Waals surface area contributed by atoms with Crippen LogP contribution < -0.4 is 5.32 Å². The van der Waals surface area contributed by atoms with Crippen LogP contribution in [0.5, 0.6) is 0 Å². The number of aromatic nitrogens is 2. The van der Waals surface area contributed by atoms with Gasteiger partial charge in [-0.1, -0.05) is 56.3 Å². The molecule has 1 heterocycles. The average molecular weight is 361 g/mol. The van der Waals surface area contributed by atoms with Crippen molar-refractivity contribution in [2.45, 2.75) is 45.1 Å². The van der Waals surface area contributed by atoms with Crippen LogP contribution in [0.1, 0.15) is 49.3 Å². The molecule has 0 fully saturated rings. The molecule has 1 aliphatic rings. The lowest BCUT2D eigenvalue weighted by molar-refractivity contribution is 0.593. The van der Waals surface area contributed by atoms with Gasteiger partial charge in [-0.15, -0.1) is 0 Å². The summed E-state index contributed by atoms with van der Waals surface area (Å²) in [6.07, 6.45) is 4.67. The van der Waals surface area contributed by atoms with Crippen molar-refractivity contribution in [2.75, 3.05) is 5.32 Å². The largest absolute Gasteiger partial charge is 0.351 e. The summed E-state index contributed by atoms with van der Waals surface area (Å²) in [6.45, 7) is 4.32. The van der Waals surface area contributed by atoms with Crippen LogP contribution in [0.25, 0.3) is 11.3 Å².